The Morgan fingerprint density at radius 2 is 2.05 bits per heavy atom. The molecule has 1 fully saturated rings. The summed E-state index contributed by atoms with van der Waals surface area (Å²) in [7, 11) is 0. The van der Waals surface area contributed by atoms with Gasteiger partial charge in [0, 0.05) is 12.1 Å². The molecule has 1 aliphatic heterocycles. The quantitative estimate of drug-likeness (QED) is 0.898. The van der Waals surface area contributed by atoms with Crippen molar-refractivity contribution in [1.29, 1.82) is 0 Å². The van der Waals surface area contributed by atoms with Gasteiger partial charge in [-0.1, -0.05) is 25.1 Å². The van der Waals surface area contributed by atoms with Gasteiger partial charge in [-0.05, 0) is 19.4 Å². The summed E-state index contributed by atoms with van der Waals surface area (Å²) in [4.78, 5) is 25.5. The third-order valence-corrected chi connectivity index (χ3v) is 3.76. The van der Waals surface area contributed by atoms with Gasteiger partial charge in [-0.3, -0.25) is 9.59 Å². The van der Waals surface area contributed by atoms with Gasteiger partial charge >= 0.3 is 0 Å². The van der Waals surface area contributed by atoms with Crippen LogP contribution >= 0.6 is 0 Å². The van der Waals surface area contributed by atoms with Gasteiger partial charge in [0.25, 0.3) is 0 Å². The number of rotatable bonds is 3. The van der Waals surface area contributed by atoms with Crippen molar-refractivity contribution in [3.63, 3.8) is 0 Å². The molecule has 4 nitrogen and oxygen atoms in total. The first-order chi connectivity index (χ1) is 8.99. The summed E-state index contributed by atoms with van der Waals surface area (Å²) >= 11 is 0. The fourth-order valence-corrected chi connectivity index (χ4v) is 2.25. The maximum absolute atomic E-state index is 13.7. The largest absolute Gasteiger partial charge is 0.345 e. The van der Waals surface area contributed by atoms with E-state index in [0.717, 1.165) is 0 Å². The van der Waals surface area contributed by atoms with Gasteiger partial charge in [0.05, 0.1) is 6.54 Å². The molecule has 1 saturated heterocycles. The monoisotopic (exact) mass is 264 g/mol. The molecule has 5 heteroatoms. The van der Waals surface area contributed by atoms with Crippen molar-refractivity contribution < 1.29 is 14.0 Å². The van der Waals surface area contributed by atoms with E-state index >= 15 is 0 Å². The number of halogens is 1. The van der Waals surface area contributed by atoms with Crippen LogP contribution in [0.3, 0.4) is 0 Å². The number of carbonyl (C=O) groups is 2. The number of amides is 2. The van der Waals surface area contributed by atoms with E-state index in [9.17, 15) is 14.0 Å². The minimum atomic E-state index is -0.919. The van der Waals surface area contributed by atoms with Crippen LogP contribution in [0.4, 0.5) is 4.39 Å². The van der Waals surface area contributed by atoms with E-state index < -0.39 is 5.54 Å². The van der Waals surface area contributed by atoms with Gasteiger partial charge in [0.2, 0.25) is 11.8 Å². The highest BCUT2D eigenvalue weighted by molar-refractivity contribution is 5.97. The molecular weight excluding hydrogens is 247 g/mol. The average Bonchev–Trinajstić information content (AvgIpc) is 2.41. The lowest BCUT2D eigenvalue weighted by atomic mass is 9.92. The first-order valence-corrected chi connectivity index (χ1v) is 6.31. The van der Waals surface area contributed by atoms with Crippen LogP contribution < -0.4 is 5.32 Å². The number of carbonyl (C=O) groups excluding carboxylic acids is 2. The molecule has 102 valence electrons. The second kappa shape index (κ2) is 4.99. The summed E-state index contributed by atoms with van der Waals surface area (Å²) in [5.41, 5.74) is -0.498. The second-order valence-corrected chi connectivity index (χ2v) is 4.88. The van der Waals surface area contributed by atoms with E-state index in [1.807, 2.05) is 6.92 Å². The van der Waals surface area contributed by atoms with Crippen LogP contribution in [0, 0.1) is 5.82 Å². The van der Waals surface area contributed by atoms with Crippen LogP contribution in [0.1, 0.15) is 25.8 Å². The van der Waals surface area contributed by atoms with Gasteiger partial charge in [-0.15, -0.1) is 0 Å². The molecule has 0 saturated carbocycles. The smallest absolute Gasteiger partial charge is 0.246 e. The summed E-state index contributed by atoms with van der Waals surface area (Å²) in [6.07, 6.45) is 0.485. The van der Waals surface area contributed by atoms with Crippen molar-refractivity contribution in [2.75, 3.05) is 6.54 Å². The normalized spacial score (nSPS) is 23.4. The topological polar surface area (TPSA) is 49.4 Å². The van der Waals surface area contributed by atoms with Crippen molar-refractivity contribution in [3.8, 4) is 0 Å². The molecule has 0 radical (unpaired) electrons. The molecule has 1 N–H and O–H groups in total. The average molecular weight is 264 g/mol. The number of nitrogens with one attached hydrogen (secondary N) is 1. The Hall–Kier alpha value is -1.91. The molecule has 1 heterocycles. The van der Waals surface area contributed by atoms with Crippen molar-refractivity contribution in [3.05, 3.63) is 35.6 Å². The predicted octanol–water partition coefficient (Wildman–Crippen LogP) is 1.45. The molecule has 0 aliphatic carbocycles. The van der Waals surface area contributed by atoms with Crippen LogP contribution in [-0.4, -0.2) is 28.8 Å². The van der Waals surface area contributed by atoms with E-state index in [2.05, 4.69) is 5.32 Å². The maximum atomic E-state index is 13.7. The first kappa shape index (κ1) is 13.5. The molecule has 1 aliphatic rings. The number of hydrogen-bond acceptors (Lipinski definition) is 2. The third-order valence-electron chi connectivity index (χ3n) is 3.76. The number of benzene rings is 1. The van der Waals surface area contributed by atoms with Gasteiger partial charge in [-0.25, -0.2) is 4.39 Å². The standard InChI is InChI=1S/C14H17FN2O2/c1-3-14(2)13(19)16-8-12(18)17(14)9-10-6-4-5-7-11(10)15/h4-7H,3,8-9H2,1-2H3,(H,16,19). The summed E-state index contributed by atoms with van der Waals surface area (Å²) in [6, 6.07) is 6.30. The van der Waals surface area contributed by atoms with Crippen molar-refractivity contribution in [2.24, 2.45) is 0 Å². The molecule has 1 aromatic carbocycles. The van der Waals surface area contributed by atoms with Crippen LogP contribution in [0.5, 0.6) is 0 Å². The van der Waals surface area contributed by atoms with Gasteiger partial charge in [0.1, 0.15) is 11.4 Å². The fraction of sp³-hybridized carbons (Fsp3) is 0.429. The van der Waals surface area contributed by atoms with Gasteiger partial charge in [0.15, 0.2) is 0 Å². The van der Waals surface area contributed by atoms with Crippen LogP contribution in [0.15, 0.2) is 24.3 Å². The summed E-state index contributed by atoms with van der Waals surface area (Å²) in [6.45, 7) is 3.64. The summed E-state index contributed by atoms with van der Waals surface area (Å²) in [5, 5.41) is 2.58. The Morgan fingerprint density at radius 3 is 2.68 bits per heavy atom. The van der Waals surface area contributed by atoms with Crippen molar-refractivity contribution in [1.82, 2.24) is 10.2 Å². The Morgan fingerprint density at radius 1 is 1.37 bits per heavy atom. The Bertz CT molecular complexity index is 518. The lowest BCUT2D eigenvalue weighted by Gasteiger charge is -2.43. The lowest BCUT2D eigenvalue weighted by molar-refractivity contribution is -0.153. The highest BCUT2D eigenvalue weighted by atomic mass is 19.1. The third kappa shape index (κ3) is 2.32. The maximum Gasteiger partial charge on any atom is 0.246 e. The summed E-state index contributed by atoms with van der Waals surface area (Å²) < 4.78 is 13.7. The molecule has 0 aromatic heterocycles. The zero-order valence-corrected chi connectivity index (χ0v) is 11.1. The Labute approximate surface area is 111 Å². The Balaban J connectivity index is 2.32. The highest BCUT2D eigenvalue weighted by Gasteiger charge is 2.44. The van der Waals surface area contributed by atoms with E-state index in [1.165, 1.54) is 11.0 Å². The lowest BCUT2D eigenvalue weighted by Crippen LogP contribution is -2.65. The number of piperazine rings is 1. The van der Waals surface area contributed by atoms with E-state index in [0.29, 0.717) is 12.0 Å². The van der Waals surface area contributed by atoms with Crippen LogP contribution in [0.25, 0.3) is 0 Å². The minimum absolute atomic E-state index is 0.0249. The zero-order chi connectivity index (χ0) is 14.0. The highest BCUT2D eigenvalue weighted by Crippen LogP contribution is 2.25. The predicted molar refractivity (Wildman–Crippen MR) is 68.7 cm³/mol. The van der Waals surface area contributed by atoms with Gasteiger partial charge in [-0.2, -0.15) is 0 Å². The van der Waals surface area contributed by atoms with Crippen LogP contribution in [-0.2, 0) is 16.1 Å². The Kier molecular flexibility index (Phi) is 3.55. The van der Waals surface area contributed by atoms with E-state index in [1.54, 1.807) is 25.1 Å². The van der Waals surface area contributed by atoms with Crippen molar-refractivity contribution in [2.45, 2.75) is 32.4 Å². The molecule has 2 amide bonds. The number of hydrogen-bond donors (Lipinski definition) is 1. The SMILES string of the molecule is CCC1(C)C(=O)NCC(=O)N1Cc1ccccc1F. The molecule has 0 bridgehead atoms. The summed E-state index contributed by atoms with van der Waals surface area (Å²) in [5.74, 6) is -0.738. The van der Waals surface area contributed by atoms with E-state index in [-0.39, 0.29) is 30.7 Å². The molecule has 1 atom stereocenters. The fourth-order valence-electron chi connectivity index (χ4n) is 2.25. The molecule has 19 heavy (non-hydrogen) atoms. The molecular formula is C14H17FN2O2. The molecule has 0 spiro atoms. The second-order valence-electron chi connectivity index (χ2n) is 4.88. The first-order valence-electron chi connectivity index (χ1n) is 6.31. The molecule has 1 unspecified atom stereocenters. The molecule has 1 aromatic rings. The van der Waals surface area contributed by atoms with Gasteiger partial charge < -0.3 is 10.2 Å². The molecule has 2 rings (SSSR count). The van der Waals surface area contributed by atoms with Crippen molar-refractivity contribution >= 4 is 11.8 Å². The number of nitrogens with zero attached hydrogens (tertiary/aromatic N) is 1. The van der Waals surface area contributed by atoms with E-state index in [4.69, 9.17) is 0 Å². The van der Waals surface area contributed by atoms with Crippen LogP contribution in [0.2, 0.25) is 0 Å². The zero-order valence-electron chi connectivity index (χ0n) is 11.1. The minimum Gasteiger partial charge on any atom is -0.345 e.